The summed E-state index contributed by atoms with van der Waals surface area (Å²) in [6, 6.07) is 8.92. The Morgan fingerprint density at radius 1 is 1.07 bits per heavy atom. The van der Waals surface area contributed by atoms with Gasteiger partial charge in [-0.15, -0.1) is 0 Å². The summed E-state index contributed by atoms with van der Waals surface area (Å²) in [5.74, 6) is -0.911. The summed E-state index contributed by atoms with van der Waals surface area (Å²) in [5, 5.41) is 0. The van der Waals surface area contributed by atoms with Crippen LogP contribution >= 0.6 is 0 Å². The van der Waals surface area contributed by atoms with Crippen molar-refractivity contribution in [3.63, 3.8) is 0 Å². The van der Waals surface area contributed by atoms with Gasteiger partial charge in [-0.25, -0.2) is 9.18 Å². The summed E-state index contributed by atoms with van der Waals surface area (Å²) in [7, 11) is 1.35. The van der Waals surface area contributed by atoms with Crippen molar-refractivity contribution in [3.8, 4) is 11.5 Å². The van der Waals surface area contributed by atoms with Crippen molar-refractivity contribution < 1.29 is 41.0 Å². The Morgan fingerprint density at radius 3 is 2.42 bits per heavy atom. The first-order valence-electron chi connectivity index (χ1n) is 14.4. The molecule has 2 aliphatic rings. The van der Waals surface area contributed by atoms with E-state index in [1.54, 1.807) is 27.7 Å². The summed E-state index contributed by atoms with van der Waals surface area (Å²) in [6.45, 7) is 4.90. The van der Waals surface area contributed by atoms with Gasteiger partial charge in [0.2, 0.25) is 0 Å². The number of benzene rings is 2. The normalized spacial score (nSPS) is 18.7. The lowest BCUT2D eigenvalue weighted by Crippen LogP contribution is -2.46. The predicted octanol–water partition coefficient (Wildman–Crippen LogP) is 7.52. The van der Waals surface area contributed by atoms with Gasteiger partial charge < -0.3 is 19.1 Å². The lowest BCUT2D eigenvalue weighted by atomic mass is 9.84. The minimum atomic E-state index is -4.52. The smallest absolute Gasteiger partial charge is 0.410 e. The number of fused-ring (bicyclic) bond motifs is 2. The van der Waals surface area contributed by atoms with E-state index in [9.17, 15) is 22.4 Å². The van der Waals surface area contributed by atoms with Gasteiger partial charge in [0, 0.05) is 12.6 Å². The lowest BCUT2D eigenvalue weighted by Gasteiger charge is -2.43. The molecule has 11 heteroatoms. The van der Waals surface area contributed by atoms with Crippen molar-refractivity contribution in [3.05, 3.63) is 64.5 Å². The molecule has 0 aromatic heterocycles. The average Bonchev–Trinajstić information content (AvgIpc) is 3.28. The molecule has 6 nitrogen and oxygen atoms in total. The monoisotopic (exact) mass is 610 g/mol. The van der Waals surface area contributed by atoms with Crippen molar-refractivity contribution in [2.45, 2.75) is 70.8 Å². The van der Waals surface area contributed by atoms with Crippen LogP contribution in [0.5, 0.6) is 11.5 Å². The van der Waals surface area contributed by atoms with E-state index in [0.29, 0.717) is 18.4 Å². The van der Waals surface area contributed by atoms with Crippen LogP contribution in [0.2, 0.25) is 0 Å². The molecule has 1 amide bonds. The first-order valence-corrected chi connectivity index (χ1v) is 14.4. The SMILES string of the molecule is COc1ccc(OCCN(CCCF)C(=O)OC(C)(C)C)c(F)c1[C@@H]1C2=C(C[C@@H](C)N1CC(F)(F)F)c1ccccc1C2. The largest absolute Gasteiger partial charge is 0.496 e. The van der Waals surface area contributed by atoms with E-state index in [0.717, 1.165) is 16.7 Å². The fourth-order valence-electron chi connectivity index (χ4n) is 5.85. The number of ether oxygens (including phenoxy) is 3. The molecule has 0 radical (unpaired) electrons. The molecule has 0 saturated heterocycles. The Labute approximate surface area is 249 Å². The zero-order chi connectivity index (χ0) is 31.5. The maximum atomic E-state index is 16.4. The number of methoxy groups -OCH3 is 1. The van der Waals surface area contributed by atoms with Crippen LogP contribution in [0.1, 0.15) is 63.3 Å². The number of nitrogens with zero attached hydrogens (tertiary/aromatic N) is 2. The molecular weight excluding hydrogens is 571 g/mol. The van der Waals surface area contributed by atoms with Crippen molar-refractivity contribution >= 4 is 11.7 Å². The predicted molar refractivity (Wildman–Crippen MR) is 153 cm³/mol. The molecule has 2 aromatic carbocycles. The minimum Gasteiger partial charge on any atom is -0.496 e. The van der Waals surface area contributed by atoms with E-state index < -0.39 is 49.0 Å². The number of rotatable bonds is 10. The third kappa shape index (κ3) is 7.60. The van der Waals surface area contributed by atoms with E-state index in [1.807, 2.05) is 24.3 Å². The van der Waals surface area contributed by atoms with Crippen LogP contribution in [0.25, 0.3) is 5.57 Å². The number of carbonyl (C=O) groups excluding carboxylic acids is 1. The Balaban J connectivity index is 1.68. The summed E-state index contributed by atoms with van der Waals surface area (Å²) in [4.78, 5) is 15.2. The van der Waals surface area contributed by atoms with Crippen molar-refractivity contribution in [2.24, 2.45) is 0 Å². The molecular formula is C32H39F5N2O4. The molecule has 0 fully saturated rings. The van der Waals surface area contributed by atoms with E-state index in [-0.39, 0.29) is 43.2 Å². The van der Waals surface area contributed by atoms with Gasteiger partial charge in [0.05, 0.1) is 38.5 Å². The standard InChI is InChI=1S/C32H39F5N2O4/c1-20-17-23-22-10-7-6-9-21(22)18-24(23)29(39(20)19-32(35,36)37)27-25(41-5)11-12-26(28(27)34)42-16-15-38(14-8-13-33)30(40)43-31(2,3)4/h6-7,9-12,20,29H,8,13-19H2,1-5H3/t20-,29+/m1/s1. The highest BCUT2D eigenvalue weighted by atomic mass is 19.4. The number of alkyl halides is 4. The first kappa shape index (κ1) is 32.6. The molecule has 0 bridgehead atoms. The third-order valence-corrected chi connectivity index (χ3v) is 7.63. The summed E-state index contributed by atoms with van der Waals surface area (Å²) < 4.78 is 87.7. The fourth-order valence-corrected chi connectivity index (χ4v) is 5.85. The molecule has 1 aliphatic carbocycles. The maximum absolute atomic E-state index is 16.4. The van der Waals surface area contributed by atoms with Crippen molar-refractivity contribution in [2.75, 3.05) is 40.0 Å². The molecule has 4 rings (SSSR count). The van der Waals surface area contributed by atoms with Gasteiger partial charge in [-0.1, -0.05) is 24.3 Å². The first-order chi connectivity index (χ1) is 20.2. The minimum absolute atomic E-state index is 0.0129. The van der Waals surface area contributed by atoms with Gasteiger partial charge in [-0.2, -0.15) is 13.2 Å². The van der Waals surface area contributed by atoms with Gasteiger partial charge in [-0.3, -0.25) is 9.29 Å². The van der Waals surface area contributed by atoms with Crippen LogP contribution in [0.3, 0.4) is 0 Å². The molecule has 1 aliphatic heterocycles. The number of hydrogen-bond donors (Lipinski definition) is 0. The summed E-state index contributed by atoms with van der Waals surface area (Å²) >= 11 is 0. The van der Waals surface area contributed by atoms with E-state index >= 15 is 4.39 Å². The van der Waals surface area contributed by atoms with Crippen LogP contribution < -0.4 is 9.47 Å². The van der Waals surface area contributed by atoms with Crippen LogP contribution in [0.15, 0.2) is 42.0 Å². The molecule has 1 heterocycles. The molecule has 0 unspecified atom stereocenters. The quantitative estimate of drug-likeness (QED) is 0.261. The molecule has 0 spiro atoms. The highest BCUT2D eigenvalue weighted by Gasteiger charge is 2.45. The second-order valence-corrected chi connectivity index (χ2v) is 11.9. The third-order valence-electron chi connectivity index (χ3n) is 7.63. The highest BCUT2D eigenvalue weighted by molar-refractivity contribution is 5.79. The van der Waals surface area contributed by atoms with Gasteiger partial charge in [0.15, 0.2) is 11.6 Å². The zero-order valence-corrected chi connectivity index (χ0v) is 25.2. The number of carbonyl (C=O) groups is 1. The Hall–Kier alpha value is -3.34. The van der Waals surface area contributed by atoms with Crippen LogP contribution in [-0.2, 0) is 11.2 Å². The summed E-state index contributed by atoms with van der Waals surface area (Å²) in [6.07, 6.45) is -4.28. The lowest BCUT2D eigenvalue weighted by molar-refractivity contribution is -0.155. The Kier molecular flexibility index (Phi) is 9.93. The molecule has 2 atom stereocenters. The maximum Gasteiger partial charge on any atom is 0.410 e. The molecule has 43 heavy (non-hydrogen) atoms. The van der Waals surface area contributed by atoms with E-state index in [1.165, 1.54) is 29.0 Å². The van der Waals surface area contributed by atoms with Gasteiger partial charge in [-0.05, 0) is 81.4 Å². The topological polar surface area (TPSA) is 51.2 Å². The van der Waals surface area contributed by atoms with E-state index in [4.69, 9.17) is 14.2 Å². The van der Waals surface area contributed by atoms with Gasteiger partial charge in [0.25, 0.3) is 0 Å². The van der Waals surface area contributed by atoms with Crippen LogP contribution in [0, 0.1) is 5.82 Å². The highest BCUT2D eigenvalue weighted by Crippen LogP contribution is 2.52. The molecule has 2 aromatic rings. The van der Waals surface area contributed by atoms with Crippen LogP contribution in [0.4, 0.5) is 26.7 Å². The second-order valence-electron chi connectivity index (χ2n) is 11.9. The number of amides is 1. The molecule has 0 N–H and O–H groups in total. The van der Waals surface area contributed by atoms with Crippen molar-refractivity contribution in [1.82, 2.24) is 9.80 Å². The average molecular weight is 611 g/mol. The zero-order valence-electron chi connectivity index (χ0n) is 25.2. The van der Waals surface area contributed by atoms with Crippen molar-refractivity contribution in [1.29, 1.82) is 0 Å². The molecule has 0 saturated carbocycles. The second kappa shape index (κ2) is 13.1. The van der Waals surface area contributed by atoms with Gasteiger partial charge >= 0.3 is 12.3 Å². The summed E-state index contributed by atoms with van der Waals surface area (Å²) in [5.41, 5.74) is 2.80. The van der Waals surface area contributed by atoms with Crippen LogP contribution in [-0.4, -0.2) is 73.7 Å². The fraction of sp³-hybridized carbons (Fsp3) is 0.531. The Bertz CT molecular complexity index is 1340. The van der Waals surface area contributed by atoms with E-state index in [2.05, 4.69) is 0 Å². The van der Waals surface area contributed by atoms with Gasteiger partial charge in [0.1, 0.15) is 18.0 Å². The molecule has 236 valence electrons. The Morgan fingerprint density at radius 2 is 1.77 bits per heavy atom. The number of hydrogen-bond acceptors (Lipinski definition) is 5. The number of halogens is 5.